The van der Waals surface area contributed by atoms with Crippen LogP contribution in [0.5, 0.6) is 0 Å². The third-order valence-corrected chi connectivity index (χ3v) is 2.13. The molecule has 0 saturated heterocycles. The van der Waals surface area contributed by atoms with E-state index in [1.807, 2.05) is 13.8 Å². The molecule has 0 saturated carbocycles. The standard InChI is InChI=1S/C11H20N4O2/c1-4-17-7-11-14-9(12-3)5-10(15-11)13-8(2)6-16/h5,8,16H,4,6-7H2,1-3H3,(H2,12,13,14,15). The quantitative estimate of drug-likeness (QED) is 0.655. The van der Waals surface area contributed by atoms with E-state index in [4.69, 9.17) is 9.84 Å². The topological polar surface area (TPSA) is 79.3 Å². The molecule has 1 aromatic heterocycles. The Labute approximate surface area is 101 Å². The van der Waals surface area contributed by atoms with Crippen molar-refractivity contribution < 1.29 is 9.84 Å². The van der Waals surface area contributed by atoms with Crippen molar-refractivity contribution >= 4 is 11.6 Å². The van der Waals surface area contributed by atoms with Crippen molar-refractivity contribution in [3.63, 3.8) is 0 Å². The lowest BCUT2D eigenvalue weighted by Crippen LogP contribution is -2.20. The van der Waals surface area contributed by atoms with Gasteiger partial charge in [0.05, 0.1) is 6.61 Å². The Morgan fingerprint density at radius 2 is 2.12 bits per heavy atom. The number of aromatic nitrogens is 2. The third kappa shape index (κ3) is 4.54. The molecule has 0 fully saturated rings. The van der Waals surface area contributed by atoms with E-state index in [1.165, 1.54) is 0 Å². The highest BCUT2D eigenvalue weighted by atomic mass is 16.5. The predicted octanol–water partition coefficient (Wildman–Crippen LogP) is 0.847. The molecule has 0 spiro atoms. The zero-order chi connectivity index (χ0) is 12.7. The smallest absolute Gasteiger partial charge is 0.158 e. The van der Waals surface area contributed by atoms with Gasteiger partial charge in [-0.15, -0.1) is 0 Å². The van der Waals surface area contributed by atoms with E-state index in [1.54, 1.807) is 13.1 Å². The van der Waals surface area contributed by atoms with E-state index in [0.29, 0.717) is 24.9 Å². The van der Waals surface area contributed by atoms with Crippen molar-refractivity contribution in [1.82, 2.24) is 9.97 Å². The van der Waals surface area contributed by atoms with Gasteiger partial charge in [0.25, 0.3) is 0 Å². The maximum absolute atomic E-state index is 8.99. The fourth-order valence-corrected chi connectivity index (χ4v) is 1.26. The summed E-state index contributed by atoms with van der Waals surface area (Å²) in [6.45, 7) is 4.87. The number of hydrogen-bond donors (Lipinski definition) is 3. The lowest BCUT2D eigenvalue weighted by Gasteiger charge is -2.13. The molecule has 6 nitrogen and oxygen atoms in total. The minimum Gasteiger partial charge on any atom is -0.394 e. The lowest BCUT2D eigenvalue weighted by molar-refractivity contribution is 0.128. The molecule has 6 heteroatoms. The van der Waals surface area contributed by atoms with Crippen LogP contribution in [0.15, 0.2) is 6.07 Å². The molecule has 1 unspecified atom stereocenters. The summed E-state index contributed by atoms with van der Waals surface area (Å²) in [6, 6.07) is 1.75. The second kappa shape index (κ2) is 7.03. The van der Waals surface area contributed by atoms with E-state index < -0.39 is 0 Å². The van der Waals surface area contributed by atoms with Crippen LogP contribution in [0.25, 0.3) is 0 Å². The lowest BCUT2D eigenvalue weighted by atomic mass is 10.3. The highest BCUT2D eigenvalue weighted by molar-refractivity contribution is 5.47. The molecular weight excluding hydrogens is 220 g/mol. The fraction of sp³-hybridized carbons (Fsp3) is 0.636. The second-order valence-electron chi connectivity index (χ2n) is 3.67. The van der Waals surface area contributed by atoms with Crippen LogP contribution in [-0.2, 0) is 11.3 Å². The molecule has 17 heavy (non-hydrogen) atoms. The predicted molar refractivity (Wildman–Crippen MR) is 67.1 cm³/mol. The largest absolute Gasteiger partial charge is 0.394 e. The maximum atomic E-state index is 8.99. The first-order valence-electron chi connectivity index (χ1n) is 5.70. The summed E-state index contributed by atoms with van der Waals surface area (Å²) in [5.41, 5.74) is 0. The van der Waals surface area contributed by atoms with Gasteiger partial charge in [0.2, 0.25) is 0 Å². The molecule has 0 bridgehead atoms. The van der Waals surface area contributed by atoms with Crippen LogP contribution in [0, 0.1) is 0 Å². The molecular formula is C11H20N4O2. The Hall–Kier alpha value is -1.40. The van der Waals surface area contributed by atoms with Gasteiger partial charge in [-0.25, -0.2) is 9.97 Å². The number of anilines is 2. The number of nitrogens with one attached hydrogen (secondary N) is 2. The van der Waals surface area contributed by atoms with Crippen LogP contribution in [0.2, 0.25) is 0 Å². The van der Waals surface area contributed by atoms with Crippen LogP contribution < -0.4 is 10.6 Å². The number of ether oxygens (including phenoxy) is 1. The van der Waals surface area contributed by atoms with Crippen molar-refractivity contribution in [3.05, 3.63) is 11.9 Å². The number of rotatable bonds is 7. The van der Waals surface area contributed by atoms with Crippen LogP contribution >= 0.6 is 0 Å². The monoisotopic (exact) mass is 240 g/mol. The van der Waals surface area contributed by atoms with Gasteiger partial charge in [0, 0.05) is 25.8 Å². The van der Waals surface area contributed by atoms with Gasteiger partial charge in [0.15, 0.2) is 5.82 Å². The summed E-state index contributed by atoms with van der Waals surface area (Å²) in [6.07, 6.45) is 0. The zero-order valence-electron chi connectivity index (χ0n) is 10.5. The van der Waals surface area contributed by atoms with E-state index in [9.17, 15) is 0 Å². The molecule has 0 aliphatic carbocycles. The van der Waals surface area contributed by atoms with Crippen molar-refractivity contribution in [2.75, 3.05) is 30.9 Å². The molecule has 0 aliphatic heterocycles. The summed E-state index contributed by atoms with van der Waals surface area (Å²) in [4.78, 5) is 8.58. The highest BCUT2D eigenvalue weighted by Gasteiger charge is 2.06. The molecule has 3 N–H and O–H groups in total. The van der Waals surface area contributed by atoms with Crippen molar-refractivity contribution in [1.29, 1.82) is 0 Å². The minimum absolute atomic E-state index is 0.0467. The van der Waals surface area contributed by atoms with Crippen LogP contribution in [0.4, 0.5) is 11.6 Å². The molecule has 0 amide bonds. The average molecular weight is 240 g/mol. The number of nitrogens with zero attached hydrogens (tertiary/aromatic N) is 2. The first-order valence-corrected chi connectivity index (χ1v) is 5.70. The van der Waals surface area contributed by atoms with Crippen LogP contribution in [0.1, 0.15) is 19.7 Å². The highest BCUT2D eigenvalue weighted by Crippen LogP contribution is 2.12. The van der Waals surface area contributed by atoms with Gasteiger partial charge >= 0.3 is 0 Å². The number of aliphatic hydroxyl groups is 1. The molecule has 0 radical (unpaired) electrons. The van der Waals surface area contributed by atoms with E-state index in [2.05, 4.69) is 20.6 Å². The molecule has 1 aromatic rings. The van der Waals surface area contributed by atoms with E-state index >= 15 is 0 Å². The van der Waals surface area contributed by atoms with Gasteiger partial charge in [0.1, 0.15) is 18.2 Å². The first-order chi connectivity index (χ1) is 8.19. The summed E-state index contributed by atoms with van der Waals surface area (Å²) in [5, 5.41) is 15.0. The van der Waals surface area contributed by atoms with Gasteiger partial charge in [-0.1, -0.05) is 0 Å². The van der Waals surface area contributed by atoms with Gasteiger partial charge < -0.3 is 20.5 Å². The average Bonchev–Trinajstić information content (AvgIpc) is 2.35. The molecule has 1 atom stereocenters. The van der Waals surface area contributed by atoms with Gasteiger partial charge in [-0.05, 0) is 13.8 Å². The zero-order valence-corrected chi connectivity index (χ0v) is 10.5. The van der Waals surface area contributed by atoms with E-state index in [0.717, 1.165) is 5.82 Å². The van der Waals surface area contributed by atoms with Gasteiger partial charge in [-0.2, -0.15) is 0 Å². The SMILES string of the molecule is CCOCc1nc(NC)cc(NC(C)CO)n1. The second-order valence-corrected chi connectivity index (χ2v) is 3.67. The fourth-order valence-electron chi connectivity index (χ4n) is 1.26. The Balaban J connectivity index is 2.80. The Kier molecular flexibility index (Phi) is 5.65. The van der Waals surface area contributed by atoms with Gasteiger partial charge in [-0.3, -0.25) is 0 Å². The first kappa shape index (κ1) is 13.7. The normalized spacial score (nSPS) is 12.2. The molecule has 0 aliphatic rings. The third-order valence-electron chi connectivity index (χ3n) is 2.13. The maximum Gasteiger partial charge on any atom is 0.158 e. The summed E-state index contributed by atoms with van der Waals surface area (Å²) in [5.74, 6) is 2.02. The minimum atomic E-state index is -0.0467. The van der Waals surface area contributed by atoms with Crippen molar-refractivity contribution in [2.24, 2.45) is 0 Å². The van der Waals surface area contributed by atoms with Crippen molar-refractivity contribution in [3.8, 4) is 0 Å². The summed E-state index contributed by atoms with van der Waals surface area (Å²) < 4.78 is 5.28. The Morgan fingerprint density at radius 3 is 2.71 bits per heavy atom. The number of aliphatic hydroxyl groups excluding tert-OH is 1. The molecule has 96 valence electrons. The summed E-state index contributed by atoms with van der Waals surface area (Å²) >= 11 is 0. The summed E-state index contributed by atoms with van der Waals surface area (Å²) in [7, 11) is 1.80. The molecule has 1 rings (SSSR count). The van der Waals surface area contributed by atoms with Crippen LogP contribution in [0.3, 0.4) is 0 Å². The van der Waals surface area contributed by atoms with E-state index in [-0.39, 0.29) is 12.6 Å². The van der Waals surface area contributed by atoms with Crippen LogP contribution in [-0.4, -0.2) is 41.4 Å². The number of hydrogen-bond acceptors (Lipinski definition) is 6. The molecule has 1 heterocycles. The van der Waals surface area contributed by atoms with Crippen molar-refractivity contribution in [2.45, 2.75) is 26.5 Å². The molecule has 0 aromatic carbocycles. The Bertz CT molecular complexity index is 346. The Morgan fingerprint density at radius 1 is 1.41 bits per heavy atom.